The summed E-state index contributed by atoms with van der Waals surface area (Å²) in [5, 5.41) is 32.2. The van der Waals surface area contributed by atoms with Crippen LogP contribution in [-0.4, -0.2) is 41.0 Å². The smallest absolute Gasteiger partial charge is 0.278 e. The molecular weight excluding hydrogens is 432 g/mol. The van der Waals surface area contributed by atoms with E-state index in [2.05, 4.69) is 31.4 Å². The summed E-state index contributed by atoms with van der Waals surface area (Å²) >= 11 is 3.12. The van der Waals surface area contributed by atoms with Crippen LogP contribution in [0.2, 0.25) is 0 Å². The maximum atomic E-state index is 11.9. The number of rotatable bonds is 7. The van der Waals surface area contributed by atoms with Gasteiger partial charge in [0.05, 0.1) is 17.3 Å². The summed E-state index contributed by atoms with van der Waals surface area (Å²) < 4.78 is 10.8. The molecule has 1 amide bonds. The predicted octanol–water partition coefficient (Wildman–Crippen LogP) is 2.11. The first-order valence-corrected chi connectivity index (χ1v) is 8.70. The van der Waals surface area contributed by atoms with E-state index >= 15 is 0 Å². The van der Waals surface area contributed by atoms with Crippen molar-refractivity contribution in [3.63, 3.8) is 0 Å². The van der Waals surface area contributed by atoms with Gasteiger partial charge in [0.15, 0.2) is 6.61 Å². The van der Waals surface area contributed by atoms with Crippen LogP contribution in [0.15, 0.2) is 27.8 Å². The Balaban J connectivity index is 2.02. The van der Waals surface area contributed by atoms with Crippen molar-refractivity contribution in [1.82, 2.24) is 10.4 Å². The molecule has 0 fully saturated rings. The van der Waals surface area contributed by atoms with Gasteiger partial charge in [0.25, 0.3) is 5.91 Å². The number of aromatic nitrogens is 1. The second-order valence-corrected chi connectivity index (χ2v) is 6.45. The third-order valence-corrected chi connectivity index (χ3v) is 4.07. The fourth-order valence-electron chi connectivity index (χ4n) is 2.21. The third kappa shape index (κ3) is 5.42. The minimum absolute atomic E-state index is 0.0359. The number of pyridine rings is 1. The number of nitrogens with one attached hydrogen (secondary N) is 1. The Bertz CT molecular complexity index is 956. The van der Waals surface area contributed by atoms with E-state index in [4.69, 9.17) is 9.47 Å². The van der Waals surface area contributed by atoms with Gasteiger partial charge >= 0.3 is 0 Å². The standard InChI is InChI=1S/C18H17BrN4O5/c1-10-3-12(8-27-2)13(6-20)18(22-10)28-9-17(26)23-21-7-11-4-14(19)16(25)5-15(11)24/h3-5,7,24-25H,8-9H2,1-2H3,(H,23,26)/b21-7-. The van der Waals surface area contributed by atoms with Crippen LogP contribution in [-0.2, 0) is 16.1 Å². The van der Waals surface area contributed by atoms with Crippen LogP contribution >= 0.6 is 15.9 Å². The van der Waals surface area contributed by atoms with Crippen LogP contribution in [0.25, 0.3) is 0 Å². The van der Waals surface area contributed by atoms with E-state index in [0.717, 1.165) is 6.07 Å². The zero-order valence-electron chi connectivity index (χ0n) is 15.1. The van der Waals surface area contributed by atoms with Gasteiger partial charge in [-0.15, -0.1) is 0 Å². The highest BCUT2D eigenvalue weighted by molar-refractivity contribution is 9.10. The second kappa shape index (κ2) is 9.68. The molecule has 0 saturated heterocycles. The van der Waals surface area contributed by atoms with E-state index in [1.165, 1.54) is 19.4 Å². The van der Waals surface area contributed by atoms with Crippen LogP contribution in [0.4, 0.5) is 0 Å². The number of amides is 1. The molecule has 0 aliphatic rings. The fourth-order valence-corrected chi connectivity index (χ4v) is 2.57. The number of phenolic OH excluding ortho intramolecular Hbond substituents is 2. The minimum Gasteiger partial charge on any atom is -0.507 e. The molecule has 0 unspecified atom stereocenters. The zero-order chi connectivity index (χ0) is 20.7. The van der Waals surface area contributed by atoms with Crippen molar-refractivity contribution in [2.45, 2.75) is 13.5 Å². The summed E-state index contributed by atoms with van der Waals surface area (Å²) in [5.41, 5.74) is 3.94. The zero-order valence-corrected chi connectivity index (χ0v) is 16.6. The van der Waals surface area contributed by atoms with Crippen LogP contribution in [0.3, 0.4) is 0 Å². The van der Waals surface area contributed by atoms with E-state index in [-0.39, 0.29) is 35.1 Å². The fraction of sp³-hybridized carbons (Fsp3) is 0.222. The summed E-state index contributed by atoms with van der Waals surface area (Å²) in [5.74, 6) is -0.884. The van der Waals surface area contributed by atoms with E-state index in [1.807, 2.05) is 6.07 Å². The Labute approximate surface area is 169 Å². The highest BCUT2D eigenvalue weighted by atomic mass is 79.9. The number of methoxy groups -OCH3 is 1. The lowest BCUT2D eigenvalue weighted by molar-refractivity contribution is -0.123. The molecule has 146 valence electrons. The number of phenols is 2. The average molecular weight is 449 g/mol. The first-order chi connectivity index (χ1) is 13.3. The highest BCUT2D eigenvalue weighted by Gasteiger charge is 2.14. The Kier molecular flexibility index (Phi) is 7.31. The van der Waals surface area contributed by atoms with Gasteiger partial charge in [-0.1, -0.05) is 0 Å². The number of halogens is 1. The number of benzene rings is 1. The number of nitriles is 1. The molecule has 10 heteroatoms. The van der Waals surface area contributed by atoms with Crippen LogP contribution < -0.4 is 10.2 Å². The predicted molar refractivity (Wildman–Crippen MR) is 103 cm³/mol. The van der Waals surface area contributed by atoms with Gasteiger partial charge in [0, 0.05) is 30.0 Å². The molecule has 0 bridgehead atoms. The van der Waals surface area contributed by atoms with Gasteiger partial charge in [0.2, 0.25) is 5.88 Å². The molecule has 0 aliphatic heterocycles. The number of nitrogens with zero attached hydrogens (tertiary/aromatic N) is 3. The van der Waals surface area contributed by atoms with Crippen molar-refractivity contribution in [1.29, 1.82) is 5.26 Å². The van der Waals surface area contributed by atoms with Gasteiger partial charge in [-0.2, -0.15) is 10.4 Å². The number of ether oxygens (including phenoxy) is 2. The normalized spacial score (nSPS) is 10.6. The topological polar surface area (TPSA) is 137 Å². The molecule has 0 aliphatic carbocycles. The Morgan fingerprint density at radius 1 is 1.39 bits per heavy atom. The Morgan fingerprint density at radius 3 is 2.82 bits per heavy atom. The number of carbonyl (C=O) groups is 1. The first-order valence-electron chi connectivity index (χ1n) is 7.91. The third-order valence-electron chi connectivity index (χ3n) is 3.44. The summed E-state index contributed by atoms with van der Waals surface area (Å²) in [6, 6.07) is 6.28. The van der Waals surface area contributed by atoms with Gasteiger partial charge in [0.1, 0.15) is 23.1 Å². The van der Waals surface area contributed by atoms with Crippen molar-refractivity contribution >= 4 is 28.1 Å². The molecule has 0 saturated carbocycles. The van der Waals surface area contributed by atoms with Gasteiger partial charge in [-0.25, -0.2) is 10.4 Å². The van der Waals surface area contributed by atoms with E-state index < -0.39 is 12.5 Å². The number of hydrogen-bond acceptors (Lipinski definition) is 8. The largest absolute Gasteiger partial charge is 0.507 e. The van der Waals surface area contributed by atoms with Crippen molar-refractivity contribution in [2.75, 3.05) is 13.7 Å². The summed E-state index contributed by atoms with van der Waals surface area (Å²) in [7, 11) is 1.51. The highest BCUT2D eigenvalue weighted by Crippen LogP contribution is 2.30. The molecule has 28 heavy (non-hydrogen) atoms. The molecular formula is C18H17BrN4O5. The molecule has 2 rings (SSSR count). The van der Waals surface area contributed by atoms with Gasteiger partial charge < -0.3 is 19.7 Å². The first kappa shape index (κ1) is 21.1. The molecule has 0 spiro atoms. The number of aryl methyl sites for hydroxylation is 1. The molecule has 2 aromatic rings. The lowest BCUT2D eigenvalue weighted by Gasteiger charge is -2.10. The Hall–Kier alpha value is -3.16. The van der Waals surface area contributed by atoms with Crippen molar-refractivity contribution in [2.24, 2.45) is 5.10 Å². The lowest BCUT2D eigenvalue weighted by Crippen LogP contribution is -2.25. The molecule has 1 aromatic heterocycles. The molecule has 1 heterocycles. The van der Waals surface area contributed by atoms with Crippen molar-refractivity contribution in [3.8, 4) is 23.4 Å². The monoisotopic (exact) mass is 448 g/mol. The van der Waals surface area contributed by atoms with Crippen LogP contribution in [0, 0.1) is 18.3 Å². The summed E-state index contributed by atoms with van der Waals surface area (Å²) in [6.45, 7) is 1.53. The minimum atomic E-state index is -0.589. The van der Waals surface area contributed by atoms with Crippen LogP contribution in [0.5, 0.6) is 17.4 Å². The SMILES string of the molecule is COCc1cc(C)nc(OCC(=O)N/N=C\c2cc(Br)c(O)cc2O)c1C#N. The van der Waals surface area contributed by atoms with Crippen LogP contribution in [0.1, 0.15) is 22.4 Å². The van der Waals surface area contributed by atoms with Crippen molar-refractivity contribution < 1.29 is 24.5 Å². The van der Waals surface area contributed by atoms with Crippen molar-refractivity contribution in [3.05, 3.63) is 45.1 Å². The Morgan fingerprint density at radius 2 is 2.14 bits per heavy atom. The number of hydrogen-bond donors (Lipinski definition) is 3. The number of hydrazone groups is 1. The number of carbonyl (C=O) groups excluding carboxylic acids is 1. The van der Waals surface area contributed by atoms with E-state index in [1.54, 1.807) is 13.0 Å². The average Bonchev–Trinajstić information content (AvgIpc) is 2.64. The second-order valence-electron chi connectivity index (χ2n) is 5.59. The quantitative estimate of drug-likeness (QED) is 0.435. The molecule has 9 nitrogen and oxygen atoms in total. The maximum absolute atomic E-state index is 11.9. The summed E-state index contributed by atoms with van der Waals surface area (Å²) in [6.07, 6.45) is 1.21. The molecule has 0 atom stereocenters. The summed E-state index contributed by atoms with van der Waals surface area (Å²) in [4.78, 5) is 16.0. The molecule has 0 radical (unpaired) electrons. The lowest BCUT2D eigenvalue weighted by atomic mass is 10.1. The molecule has 1 aromatic carbocycles. The van der Waals surface area contributed by atoms with Gasteiger partial charge in [-0.05, 0) is 35.0 Å². The van der Waals surface area contributed by atoms with E-state index in [9.17, 15) is 20.3 Å². The van der Waals surface area contributed by atoms with E-state index in [0.29, 0.717) is 15.7 Å². The molecule has 3 N–H and O–H groups in total. The maximum Gasteiger partial charge on any atom is 0.278 e. The number of aromatic hydroxyl groups is 2. The van der Waals surface area contributed by atoms with Gasteiger partial charge in [-0.3, -0.25) is 4.79 Å².